The standard InChI is InChI=1S/C14H23N3OS/c1-9(2)6-13-16-12(8-19-13)14(18)17-11-7-15-5-4-10(11)3/h8-11,15H,4-7H2,1-3H3,(H,17,18). The van der Waals surface area contributed by atoms with Crippen molar-refractivity contribution in [3.63, 3.8) is 0 Å². The fraction of sp³-hybridized carbons (Fsp3) is 0.714. The lowest BCUT2D eigenvalue weighted by molar-refractivity contribution is 0.0910. The molecule has 1 aromatic rings. The van der Waals surface area contributed by atoms with Crippen LogP contribution in [0.1, 0.15) is 42.7 Å². The Morgan fingerprint density at radius 1 is 1.63 bits per heavy atom. The van der Waals surface area contributed by atoms with Gasteiger partial charge in [-0.05, 0) is 24.8 Å². The Morgan fingerprint density at radius 3 is 3.11 bits per heavy atom. The second kappa shape index (κ2) is 6.48. The van der Waals surface area contributed by atoms with Crippen LogP contribution in [0.15, 0.2) is 5.38 Å². The lowest BCUT2D eigenvalue weighted by Gasteiger charge is -2.29. The molecule has 1 aliphatic heterocycles. The van der Waals surface area contributed by atoms with Crippen molar-refractivity contribution in [1.29, 1.82) is 0 Å². The molecule has 106 valence electrons. The molecule has 4 nitrogen and oxygen atoms in total. The van der Waals surface area contributed by atoms with Crippen molar-refractivity contribution in [2.24, 2.45) is 11.8 Å². The normalized spacial score (nSPS) is 23.6. The zero-order chi connectivity index (χ0) is 13.8. The molecule has 1 amide bonds. The molecule has 0 aromatic carbocycles. The number of hydrogen-bond donors (Lipinski definition) is 2. The van der Waals surface area contributed by atoms with E-state index in [1.807, 2.05) is 5.38 Å². The number of piperidine rings is 1. The molecule has 0 radical (unpaired) electrons. The van der Waals surface area contributed by atoms with Gasteiger partial charge in [0.2, 0.25) is 0 Å². The molecule has 0 bridgehead atoms. The van der Waals surface area contributed by atoms with Crippen molar-refractivity contribution in [1.82, 2.24) is 15.6 Å². The van der Waals surface area contributed by atoms with Gasteiger partial charge in [-0.25, -0.2) is 4.98 Å². The summed E-state index contributed by atoms with van der Waals surface area (Å²) in [5.74, 6) is 1.07. The maximum absolute atomic E-state index is 12.2. The molecular formula is C14H23N3OS. The van der Waals surface area contributed by atoms with Gasteiger partial charge in [0.05, 0.1) is 5.01 Å². The van der Waals surface area contributed by atoms with Crippen LogP contribution in [0, 0.1) is 11.8 Å². The van der Waals surface area contributed by atoms with Gasteiger partial charge in [-0.15, -0.1) is 11.3 Å². The van der Waals surface area contributed by atoms with Crippen LogP contribution < -0.4 is 10.6 Å². The third kappa shape index (κ3) is 4.01. The van der Waals surface area contributed by atoms with Crippen LogP contribution in [0.3, 0.4) is 0 Å². The maximum Gasteiger partial charge on any atom is 0.271 e. The van der Waals surface area contributed by atoms with Gasteiger partial charge in [0.25, 0.3) is 5.91 Å². The summed E-state index contributed by atoms with van der Waals surface area (Å²) in [5.41, 5.74) is 0.568. The monoisotopic (exact) mass is 281 g/mol. The van der Waals surface area contributed by atoms with E-state index in [0.29, 0.717) is 17.5 Å². The largest absolute Gasteiger partial charge is 0.346 e. The first-order chi connectivity index (χ1) is 9.06. The lowest BCUT2D eigenvalue weighted by atomic mass is 9.95. The Balaban J connectivity index is 1.93. The van der Waals surface area contributed by atoms with Gasteiger partial charge in [-0.3, -0.25) is 4.79 Å². The average Bonchev–Trinajstić information content (AvgIpc) is 2.79. The van der Waals surface area contributed by atoms with Gasteiger partial charge in [0.15, 0.2) is 0 Å². The average molecular weight is 281 g/mol. The second-order valence-electron chi connectivity index (χ2n) is 5.77. The van der Waals surface area contributed by atoms with Crippen molar-refractivity contribution < 1.29 is 4.79 Å². The number of carbonyl (C=O) groups excluding carboxylic acids is 1. The fourth-order valence-corrected chi connectivity index (χ4v) is 3.27. The first-order valence-electron chi connectivity index (χ1n) is 7.02. The van der Waals surface area contributed by atoms with E-state index < -0.39 is 0 Å². The summed E-state index contributed by atoms with van der Waals surface area (Å²) in [5, 5.41) is 9.34. The predicted octanol–water partition coefficient (Wildman–Crippen LogP) is 2.07. The molecule has 2 unspecified atom stereocenters. The SMILES string of the molecule is CC(C)Cc1nc(C(=O)NC2CNCCC2C)cs1. The molecule has 1 saturated heterocycles. The smallest absolute Gasteiger partial charge is 0.271 e. The quantitative estimate of drug-likeness (QED) is 0.888. The first-order valence-corrected chi connectivity index (χ1v) is 7.90. The van der Waals surface area contributed by atoms with Crippen LogP contribution in [0.2, 0.25) is 0 Å². The number of hydrogen-bond acceptors (Lipinski definition) is 4. The highest BCUT2D eigenvalue weighted by molar-refractivity contribution is 7.09. The number of thiazole rings is 1. The van der Waals surface area contributed by atoms with Crippen LogP contribution in [0.4, 0.5) is 0 Å². The summed E-state index contributed by atoms with van der Waals surface area (Å²) in [4.78, 5) is 16.6. The first kappa shape index (κ1) is 14.5. The molecular weight excluding hydrogens is 258 g/mol. The molecule has 0 spiro atoms. The van der Waals surface area contributed by atoms with Crippen LogP contribution in [-0.2, 0) is 6.42 Å². The van der Waals surface area contributed by atoms with Gasteiger partial charge in [0.1, 0.15) is 5.69 Å². The Labute approximate surface area is 119 Å². The number of nitrogens with one attached hydrogen (secondary N) is 2. The van der Waals surface area contributed by atoms with E-state index in [1.165, 1.54) is 0 Å². The molecule has 2 rings (SSSR count). The molecule has 0 aliphatic carbocycles. The van der Waals surface area contributed by atoms with Gasteiger partial charge >= 0.3 is 0 Å². The highest BCUT2D eigenvalue weighted by Crippen LogP contribution is 2.16. The Kier molecular flexibility index (Phi) is 4.93. The van der Waals surface area contributed by atoms with E-state index in [0.717, 1.165) is 30.9 Å². The van der Waals surface area contributed by atoms with Crippen molar-refractivity contribution in [3.8, 4) is 0 Å². The number of rotatable bonds is 4. The van der Waals surface area contributed by atoms with Crippen LogP contribution >= 0.6 is 11.3 Å². The lowest BCUT2D eigenvalue weighted by Crippen LogP contribution is -2.50. The molecule has 1 aromatic heterocycles. The summed E-state index contributed by atoms with van der Waals surface area (Å²) in [7, 11) is 0. The van der Waals surface area contributed by atoms with Gasteiger partial charge in [-0.2, -0.15) is 0 Å². The number of aromatic nitrogens is 1. The Bertz CT molecular complexity index is 430. The van der Waals surface area contributed by atoms with Crippen LogP contribution in [0.5, 0.6) is 0 Å². The minimum absolute atomic E-state index is 0.0354. The topological polar surface area (TPSA) is 54.0 Å². The molecule has 0 saturated carbocycles. The van der Waals surface area contributed by atoms with Crippen molar-refractivity contribution in [2.75, 3.05) is 13.1 Å². The van der Waals surface area contributed by atoms with Crippen molar-refractivity contribution in [3.05, 3.63) is 16.1 Å². The van der Waals surface area contributed by atoms with E-state index in [1.54, 1.807) is 11.3 Å². The van der Waals surface area contributed by atoms with Crippen LogP contribution in [0.25, 0.3) is 0 Å². The number of carbonyl (C=O) groups is 1. The Hall–Kier alpha value is -0.940. The van der Waals surface area contributed by atoms with Crippen molar-refractivity contribution >= 4 is 17.2 Å². The van der Waals surface area contributed by atoms with E-state index in [9.17, 15) is 4.79 Å². The fourth-order valence-electron chi connectivity index (χ4n) is 2.28. The predicted molar refractivity (Wildman–Crippen MR) is 78.6 cm³/mol. The minimum atomic E-state index is -0.0354. The molecule has 2 heterocycles. The molecule has 2 N–H and O–H groups in total. The maximum atomic E-state index is 12.2. The molecule has 1 fully saturated rings. The van der Waals surface area contributed by atoms with E-state index in [-0.39, 0.29) is 11.9 Å². The zero-order valence-electron chi connectivity index (χ0n) is 11.9. The molecule has 1 aliphatic rings. The second-order valence-corrected chi connectivity index (χ2v) is 6.72. The highest BCUT2D eigenvalue weighted by atomic mass is 32.1. The molecule has 5 heteroatoms. The van der Waals surface area contributed by atoms with Crippen LogP contribution in [-0.4, -0.2) is 30.0 Å². The van der Waals surface area contributed by atoms with Gasteiger partial charge < -0.3 is 10.6 Å². The molecule has 2 atom stereocenters. The Morgan fingerprint density at radius 2 is 2.42 bits per heavy atom. The minimum Gasteiger partial charge on any atom is -0.346 e. The summed E-state index contributed by atoms with van der Waals surface area (Å²) >= 11 is 1.58. The van der Waals surface area contributed by atoms with Gasteiger partial charge in [0, 0.05) is 24.4 Å². The van der Waals surface area contributed by atoms with Gasteiger partial charge in [-0.1, -0.05) is 20.8 Å². The summed E-state index contributed by atoms with van der Waals surface area (Å²) < 4.78 is 0. The van der Waals surface area contributed by atoms with Crippen molar-refractivity contribution in [2.45, 2.75) is 39.7 Å². The number of amides is 1. The zero-order valence-corrected chi connectivity index (χ0v) is 12.7. The summed E-state index contributed by atoms with van der Waals surface area (Å²) in [6, 6.07) is 0.219. The molecule has 19 heavy (non-hydrogen) atoms. The highest BCUT2D eigenvalue weighted by Gasteiger charge is 2.23. The summed E-state index contributed by atoms with van der Waals surface area (Å²) in [6.07, 6.45) is 2.06. The van der Waals surface area contributed by atoms with E-state index in [4.69, 9.17) is 0 Å². The van der Waals surface area contributed by atoms with E-state index >= 15 is 0 Å². The van der Waals surface area contributed by atoms with E-state index in [2.05, 4.69) is 36.4 Å². The summed E-state index contributed by atoms with van der Waals surface area (Å²) in [6.45, 7) is 8.42. The third-order valence-corrected chi connectivity index (χ3v) is 4.38. The third-order valence-electron chi connectivity index (χ3n) is 3.51. The number of nitrogens with zero attached hydrogens (tertiary/aromatic N) is 1.